The Balaban J connectivity index is 1.33. The van der Waals surface area contributed by atoms with E-state index in [9.17, 15) is 14.7 Å². The number of nitrogens with two attached hydrogens (primary N) is 1. The molecule has 0 bridgehead atoms. The van der Waals surface area contributed by atoms with E-state index in [0.29, 0.717) is 28.1 Å². The van der Waals surface area contributed by atoms with Crippen molar-refractivity contribution in [2.24, 2.45) is 5.73 Å². The van der Waals surface area contributed by atoms with Gasteiger partial charge in [0.1, 0.15) is 18.1 Å². The van der Waals surface area contributed by atoms with Gasteiger partial charge in [-0.3, -0.25) is 9.59 Å². The van der Waals surface area contributed by atoms with Crippen LogP contribution in [0.2, 0.25) is 0 Å². The maximum atomic E-state index is 12.9. The number of hydrogen-bond acceptors (Lipinski definition) is 6. The number of aryl methyl sites for hydroxylation is 1. The normalized spacial score (nSPS) is 18.3. The van der Waals surface area contributed by atoms with E-state index in [2.05, 4.69) is 10.4 Å². The molecule has 2 amide bonds. The topological polar surface area (TPSA) is 128 Å². The van der Waals surface area contributed by atoms with Crippen LogP contribution >= 0.6 is 0 Å². The van der Waals surface area contributed by atoms with Gasteiger partial charge in [0.2, 0.25) is 0 Å². The average Bonchev–Trinajstić information content (AvgIpc) is 3.23. The Bertz CT molecular complexity index is 1220. The molecule has 2 aromatic heterocycles. The fraction of sp³-hybridized carbons (Fsp3) is 0.423. The summed E-state index contributed by atoms with van der Waals surface area (Å²) < 4.78 is 13.3. The highest BCUT2D eigenvalue weighted by Gasteiger charge is 2.26. The van der Waals surface area contributed by atoms with Crippen LogP contribution in [0.5, 0.6) is 11.5 Å². The van der Waals surface area contributed by atoms with Crippen LogP contribution in [-0.2, 0) is 0 Å². The maximum absolute atomic E-state index is 12.9. The summed E-state index contributed by atoms with van der Waals surface area (Å²) in [6, 6.07) is 8.99. The molecule has 4 N–H and O–H groups in total. The van der Waals surface area contributed by atoms with E-state index in [4.69, 9.17) is 15.2 Å². The highest BCUT2D eigenvalue weighted by atomic mass is 16.5. The number of rotatable bonds is 8. The van der Waals surface area contributed by atoms with Crippen LogP contribution in [-0.4, -0.2) is 50.9 Å². The lowest BCUT2D eigenvalue weighted by Crippen LogP contribution is -2.39. The fourth-order valence-electron chi connectivity index (χ4n) is 4.19. The minimum absolute atomic E-state index is 0.0281. The van der Waals surface area contributed by atoms with Gasteiger partial charge in [-0.25, -0.2) is 4.52 Å². The summed E-state index contributed by atoms with van der Waals surface area (Å²) in [6.45, 7) is 5.39. The van der Waals surface area contributed by atoms with E-state index >= 15 is 0 Å². The molecule has 1 aliphatic rings. The molecule has 0 unspecified atom stereocenters. The lowest BCUT2D eigenvalue weighted by atomic mass is 9.92. The van der Waals surface area contributed by atoms with E-state index in [1.165, 1.54) is 0 Å². The zero-order valence-electron chi connectivity index (χ0n) is 20.3. The van der Waals surface area contributed by atoms with Crippen LogP contribution in [0.15, 0.2) is 42.7 Å². The van der Waals surface area contributed by atoms with Crippen molar-refractivity contribution in [3.63, 3.8) is 0 Å². The van der Waals surface area contributed by atoms with E-state index < -0.39 is 11.5 Å². The van der Waals surface area contributed by atoms with Crippen molar-refractivity contribution in [1.29, 1.82) is 0 Å². The number of aliphatic hydroxyl groups is 1. The number of benzene rings is 1. The largest absolute Gasteiger partial charge is 0.490 e. The third kappa shape index (κ3) is 6.10. The third-order valence-electron chi connectivity index (χ3n) is 6.03. The van der Waals surface area contributed by atoms with Gasteiger partial charge >= 0.3 is 0 Å². The van der Waals surface area contributed by atoms with Gasteiger partial charge in [-0.2, -0.15) is 5.10 Å². The van der Waals surface area contributed by atoms with Crippen LogP contribution in [0.25, 0.3) is 5.52 Å². The molecule has 0 spiro atoms. The Labute approximate surface area is 204 Å². The van der Waals surface area contributed by atoms with Crippen LogP contribution in [0.3, 0.4) is 0 Å². The molecule has 9 heteroatoms. The molecule has 35 heavy (non-hydrogen) atoms. The second-order valence-corrected chi connectivity index (χ2v) is 9.78. The van der Waals surface area contributed by atoms with Gasteiger partial charge in [0, 0.05) is 6.04 Å². The summed E-state index contributed by atoms with van der Waals surface area (Å²) in [5.41, 5.74) is 7.06. The van der Waals surface area contributed by atoms with Crippen molar-refractivity contribution in [1.82, 2.24) is 14.9 Å². The zero-order valence-corrected chi connectivity index (χ0v) is 20.3. The van der Waals surface area contributed by atoms with Crippen LogP contribution < -0.4 is 20.5 Å². The van der Waals surface area contributed by atoms with E-state index in [0.717, 1.165) is 31.2 Å². The van der Waals surface area contributed by atoms with Gasteiger partial charge in [-0.15, -0.1) is 0 Å². The Hall–Kier alpha value is -3.59. The van der Waals surface area contributed by atoms with Crippen LogP contribution in [0.1, 0.15) is 65.8 Å². The predicted octanol–water partition coefficient (Wildman–Crippen LogP) is 3.01. The molecule has 4 rings (SSSR count). The molecule has 1 aliphatic carbocycles. The molecule has 1 fully saturated rings. The molecule has 3 aromatic rings. The summed E-state index contributed by atoms with van der Waals surface area (Å²) in [7, 11) is 0. The average molecular weight is 481 g/mol. The first-order valence-corrected chi connectivity index (χ1v) is 11.8. The molecular weight excluding hydrogens is 448 g/mol. The molecule has 1 saturated carbocycles. The highest BCUT2D eigenvalue weighted by molar-refractivity contribution is 6.00. The van der Waals surface area contributed by atoms with Crippen molar-refractivity contribution in [3.8, 4) is 11.5 Å². The number of carbonyl (C=O) groups excluding carboxylic acids is 2. The smallest absolute Gasteiger partial charge is 0.255 e. The van der Waals surface area contributed by atoms with Crippen molar-refractivity contribution in [3.05, 3.63) is 59.4 Å². The molecule has 2 heterocycles. The summed E-state index contributed by atoms with van der Waals surface area (Å²) >= 11 is 0. The number of amides is 2. The minimum Gasteiger partial charge on any atom is -0.490 e. The molecule has 0 radical (unpaired) electrons. The number of carbonyl (C=O) groups is 2. The first-order chi connectivity index (χ1) is 16.6. The maximum Gasteiger partial charge on any atom is 0.255 e. The fourth-order valence-corrected chi connectivity index (χ4v) is 4.19. The molecule has 186 valence electrons. The number of fused-ring (bicyclic) bond motifs is 1. The minimum atomic E-state index is -0.946. The van der Waals surface area contributed by atoms with Crippen molar-refractivity contribution in [2.45, 2.75) is 64.2 Å². The number of hydrogen-bond donors (Lipinski definition) is 3. The number of aromatic nitrogens is 2. The first kappa shape index (κ1) is 24.5. The summed E-state index contributed by atoms with van der Waals surface area (Å²) in [4.78, 5) is 24.7. The van der Waals surface area contributed by atoms with Gasteiger partial charge in [0.15, 0.2) is 0 Å². The number of pyridine rings is 1. The highest BCUT2D eigenvalue weighted by Crippen LogP contribution is 2.27. The molecule has 1 aromatic carbocycles. The Kier molecular flexibility index (Phi) is 6.98. The lowest BCUT2D eigenvalue weighted by molar-refractivity contribution is 0.0283. The third-order valence-corrected chi connectivity index (χ3v) is 6.03. The molecule has 0 atom stereocenters. The SMILES string of the molecule is Cc1ccc(OC2CCC(NC(=O)c3cnn4cc(OCC(C)(C)O)ccc34)CC2)c(C(N)=O)c1. The Morgan fingerprint density at radius 2 is 1.91 bits per heavy atom. The van der Waals surface area contributed by atoms with Crippen molar-refractivity contribution in [2.75, 3.05) is 6.61 Å². The zero-order chi connectivity index (χ0) is 25.2. The van der Waals surface area contributed by atoms with Crippen LogP contribution in [0.4, 0.5) is 0 Å². The molecular formula is C26H32N4O5. The quantitative estimate of drug-likeness (QED) is 0.455. The van der Waals surface area contributed by atoms with Gasteiger partial charge in [0.25, 0.3) is 11.8 Å². The second kappa shape index (κ2) is 9.95. The van der Waals surface area contributed by atoms with Crippen LogP contribution in [0, 0.1) is 6.92 Å². The van der Waals surface area contributed by atoms with E-state index in [-0.39, 0.29) is 24.7 Å². The lowest BCUT2D eigenvalue weighted by Gasteiger charge is -2.30. The van der Waals surface area contributed by atoms with Gasteiger partial charge in [-0.05, 0) is 70.7 Å². The number of primary amides is 1. The Morgan fingerprint density at radius 1 is 1.17 bits per heavy atom. The van der Waals surface area contributed by atoms with Crippen molar-refractivity contribution < 1.29 is 24.2 Å². The number of nitrogens with one attached hydrogen (secondary N) is 1. The Morgan fingerprint density at radius 3 is 2.60 bits per heavy atom. The summed E-state index contributed by atoms with van der Waals surface area (Å²) in [5, 5.41) is 17.2. The molecule has 9 nitrogen and oxygen atoms in total. The molecule has 0 saturated heterocycles. The van der Waals surface area contributed by atoms with E-state index in [1.807, 2.05) is 13.0 Å². The summed E-state index contributed by atoms with van der Waals surface area (Å²) in [6.07, 6.45) is 6.24. The van der Waals surface area contributed by atoms with E-state index in [1.54, 1.807) is 55.0 Å². The number of ether oxygens (including phenoxy) is 2. The first-order valence-electron chi connectivity index (χ1n) is 11.8. The van der Waals surface area contributed by atoms with Gasteiger partial charge < -0.3 is 25.6 Å². The molecule has 0 aliphatic heterocycles. The summed E-state index contributed by atoms with van der Waals surface area (Å²) in [5.74, 6) is 0.381. The standard InChI is InChI=1S/C26H32N4O5/c1-16-4-11-23(20(12-16)24(27)31)35-18-7-5-17(6-8-18)29-25(32)21-13-28-30-14-19(9-10-22(21)30)34-15-26(2,3)33/h4,9-14,17-18,33H,5-8,15H2,1-3H3,(H2,27,31)(H,29,32). The number of nitrogens with zero attached hydrogens (tertiary/aromatic N) is 2. The van der Waals surface area contributed by atoms with Gasteiger partial charge in [-0.1, -0.05) is 11.6 Å². The van der Waals surface area contributed by atoms with Crippen molar-refractivity contribution >= 4 is 17.3 Å². The predicted molar refractivity (Wildman–Crippen MR) is 131 cm³/mol. The monoisotopic (exact) mass is 480 g/mol. The van der Waals surface area contributed by atoms with Gasteiger partial charge in [0.05, 0.1) is 40.7 Å². The second-order valence-electron chi connectivity index (χ2n) is 9.78.